The number of aromatic nitrogens is 1. The quantitative estimate of drug-likeness (QED) is 0.507. The summed E-state index contributed by atoms with van der Waals surface area (Å²) < 4.78 is 6.96. The van der Waals surface area contributed by atoms with Gasteiger partial charge < -0.3 is 14.5 Å². The number of fused-ring (bicyclic) bond motifs is 1. The number of thiazole rings is 1. The fourth-order valence-corrected chi connectivity index (χ4v) is 4.84. The number of amides is 1. The molecule has 2 aromatic carbocycles. The summed E-state index contributed by atoms with van der Waals surface area (Å²) in [5, 5.41) is 1.21. The number of likely N-dealkylation sites (tertiary alicyclic amines) is 1. The van der Waals surface area contributed by atoms with Gasteiger partial charge in [-0.05, 0) is 62.8 Å². The Bertz CT molecular complexity index is 1000. The minimum atomic E-state index is 0.0778. The molecular formula is C25H29N3O2S. The predicted molar refractivity (Wildman–Crippen MR) is 128 cm³/mol. The lowest BCUT2D eigenvalue weighted by Gasteiger charge is -2.30. The standard InChI is InChI=1S/C25H29N3O2S/c1-27(2)17-18-30-21-10-7-19(8-11-21)9-12-24(29)28-15-13-20(14-16-28)25-26-22-5-3-4-6-23(22)31-25/h3-12,20H,13-18H2,1-2H3/b12-9+. The number of rotatable bonds is 7. The van der Waals surface area contributed by atoms with Gasteiger partial charge in [0.1, 0.15) is 12.4 Å². The first-order valence-electron chi connectivity index (χ1n) is 10.8. The van der Waals surface area contributed by atoms with Gasteiger partial charge in [-0.25, -0.2) is 4.98 Å². The fourth-order valence-electron chi connectivity index (χ4n) is 3.71. The molecule has 0 N–H and O–H groups in total. The van der Waals surface area contributed by atoms with Gasteiger partial charge in [0.15, 0.2) is 0 Å². The van der Waals surface area contributed by atoms with Gasteiger partial charge >= 0.3 is 0 Å². The SMILES string of the molecule is CN(C)CCOc1ccc(/C=C/C(=O)N2CCC(c3nc4ccccc4s3)CC2)cc1. The molecule has 6 heteroatoms. The van der Waals surface area contributed by atoms with Crippen molar-refractivity contribution in [3.8, 4) is 5.75 Å². The maximum Gasteiger partial charge on any atom is 0.246 e. The highest BCUT2D eigenvalue weighted by atomic mass is 32.1. The average molecular weight is 436 g/mol. The number of benzene rings is 2. The van der Waals surface area contributed by atoms with Gasteiger partial charge in [0.25, 0.3) is 0 Å². The lowest BCUT2D eigenvalue weighted by molar-refractivity contribution is -0.126. The van der Waals surface area contributed by atoms with Gasteiger partial charge in [-0.15, -0.1) is 11.3 Å². The maximum absolute atomic E-state index is 12.6. The zero-order chi connectivity index (χ0) is 21.6. The summed E-state index contributed by atoms with van der Waals surface area (Å²) in [6.07, 6.45) is 5.50. The number of carbonyl (C=O) groups is 1. The lowest BCUT2D eigenvalue weighted by Crippen LogP contribution is -2.36. The van der Waals surface area contributed by atoms with Crippen molar-refractivity contribution in [1.82, 2.24) is 14.8 Å². The van der Waals surface area contributed by atoms with Crippen LogP contribution in [-0.4, -0.2) is 61.0 Å². The first-order chi connectivity index (χ1) is 15.1. The maximum atomic E-state index is 12.6. The number of ether oxygens (including phenoxy) is 1. The van der Waals surface area contributed by atoms with E-state index >= 15 is 0 Å². The molecule has 31 heavy (non-hydrogen) atoms. The number of nitrogens with zero attached hydrogens (tertiary/aromatic N) is 3. The molecule has 0 saturated carbocycles. The summed E-state index contributed by atoms with van der Waals surface area (Å²) in [4.78, 5) is 21.5. The normalized spacial score (nSPS) is 15.3. The van der Waals surface area contributed by atoms with Crippen LogP contribution in [0.25, 0.3) is 16.3 Å². The molecule has 1 amide bonds. The van der Waals surface area contributed by atoms with Gasteiger partial charge in [0, 0.05) is 31.6 Å². The second-order valence-electron chi connectivity index (χ2n) is 8.17. The third kappa shape index (κ3) is 5.71. The predicted octanol–water partition coefficient (Wildman–Crippen LogP) is 4.66. The van der Waals surface area contributed by atoms with E-state index in [2.05, 4.69) is 23.1 Å². The number of carbonyl (C=O) groups excluding carboxylic acids is 1. The lowest BCUT2D eigenvalue weighted by atomic mass is 9.97. The summed E-state index contributed by atoms with van der Waals surface area (Å²) in [7, 11) is 4.05. The van der Waals surface area contributed by atoms with E-state index in [0.717, 1.165) is 49.3 Å². The Labute approximate surface area is 188 Å². The van der Waals surface area contributed by atoms with Crippen LogP contribution in [0.15, 0.2) is 54.6 Å². The summed E-state index contributed by atoms with van der Waals surface area (Å²) in [6, 6.07) is 16.1. The van der Waals surface area contributed by atoms with Gasteiger partial charge in [-0.1, -0.05) is 24.3 Å². The first-order valence-corrected chi connectivity index (χ1v) is 11.6. The minimum Gasteiger partial charge on any atom is -0.492 e. The second kappa shape index (κ2) is 10.1. The van der Waals surface area contributed by atoms with Crippen molar-refractivity contribution in [2.24, 2.45) is 0 Å². The van der Waals surface area contributed by atoms with Crippen LogP contribution in [0.4, 0.5) is 0 Å². The third-order valence-electron chi connectivity index (χ3n) is 5.57. The van der Waals surface area contributed by atoms with Crippen LogP contribution in [-0.2, 0) is 4.79 Å². The van der Waals surface area contributed by atoms with Crippen molar-refractivity contribution >= 4 is 33.5 Å². The molecule has 2 heterocycles. The van der Waals surface area contributed by atoms with E-state index in [1.165, 1.54) is 9.71 Å². The molecular weight excluding hydrogens is 406 g/mol. The number of likely N-dealkylation sites (N-methyl/N-ethyl adjacent to an activating group) is 1. The Balaban J connectivity index is 1.27. The molecule has 4 rings (SSSR count). The van der Waals surface area contributed by atoms with Gasteiger partial charge in [0.2, 0.25) is 5.91 Å². The molecule has 0 aliphatic carbocycles. The highest BCUT2D eigenvalue weighted by Crippen LogP contribution is 2.33. The van der Waals surface area contributed by atoms with Crippen molar-refractivity contribution in [3.63, 3.8) is 0 Å². The molecule has 0 atom stereocenters. The van der Waals surface area contributed by atoms with Crippen LogP contribution >= 0.6 is 11.3 Å². The van der Waals surface area contributed by atoms with E-state index in [9.17, 15) is 4.79 Å². The number of hydrogen-bond acceptors (Lipinski definition) is 5. The van der Waals surface area contributed by atoms with E-state index < -0.39 is 0 Å². The molecule has 1 fully saturated rings. The number of piperidine rings is 1. The third-order valence-corrected chi connectivity index (χ3v) is 6.77. The van der Waals surface area contributed by atoms with Crippen LogP contribution in [0.2, 0.25) is 0 Å². The molecule has 5 nitrogen and oxygen atoms in total. The van der Waals surface area contributed by atoms with Crippen LogP contribution in [0.1, 0.15) is 29.3 Å². The molecule has 1 aliphatic rings. The van der Waals surface area contributed by atoms with Gasteiger partial charge in [0.05, 0.1) is 15.2 Å². The zero-order valence-corrected chi connectivity index (χ0v) is 19.0. The molecule has 1 saturated heterocycles. The Hall–Kier alpha value is -2.70. The molecule has 0 radical (unpaired) electrons. The van der Waals surface area contributed by atoms with Crippen LogP contribution in [0, 0.1) is 0 Å². The number of para-hydroxylation sites is 1. The van der Waals surface area contributed by atoms with Crippen molar-refractivity contribution in [1.29, 1.82) is 0 Å². The molecule has 1 aromatic heterocycles. The minimum absolute atomic E-state index is 0.0778. The van der Waals surface area contributed by atoms with E-state index in [0.29, 0.717) is 12.5 Å². The Morgan fingerprint density at radius 3 is 2.61 bits per heavy atom. The topological polar surface area (TPSA) is 45.7 Å². The van der Waals surface area contributed by atoms with Crippen LogP contribution < -0.4 is 4.74 Å². The van der Waals surface area contributed by atoms with E-state index in [4.69, 9.17) is 9.72 Å². The van der Waals surface area contributed by atoms with Gasteiger partial charge in [-0.2, -0.15) is 0 Å². The largest absolute Gasteiger partial charge is 0.492 e. The summed E-state index contributed by atoms with van der Waals surface area (Å²) in [5.74, 6) is 1.38. The molecule has 0 bridgehead atoms. The first kappa shape index (κ1) is 21.5. The Kier molecular flexibility index (Phi) is 6.99. The molecule has 0 spiro atoms. The Morgan fingerprint density at radius 2 is 1.90 bits per heavy atom. The highest BCUT2D eigenvalue weighted by molar-refractivity contribution is 7.18. The summed E-state index contributed by atoms with van der Waals surface area (Å²) >= 11 is 1.79. The van der Waals surface area contributed by atoms with Crippen LogP contribution in [0.5, 0.6) is 5.75 Å². The molecule has 162 valence electrons. The van der Waals surface area contributed by atoms with Crippen molar-refractivity contribution < 1.29 is 9.53 Å². The second-order valence-corrected chi connectivity index (χ2v) is 9.24. The summed E-state index contributed by atoms with van der Waals surface area (Å²) in [5.41, 5.74) is 2.08. The fraction of sp³-hybridized carbons (Fsp3) is 0.360. The van der Waals surface area contributed by atoms with Crippen molar-refractivity contribution in [2.75, 3.05) is 40.3 Å². The van der Waals surface area contributed by atoms with E-state index in [1.54, 1.807) is 17.4 Å². The summed E-state index contributed by atoms with van der Waals surface area (Å²) in [6.45, 7) is 3.10. The van der Waals surface area contributed by atoms with E-state index in [1.807, 2.05) is 55.4 Å². The smallest absolute Gasteiger partial charge is 0.246 e. The van der Waals surface area contributed by atoms with E-state index in [-0.39, 0.29) is 5.91 Å². The van der Waals surface area contributed by atoms with Gasteiger partial charge in [-0.3, -0.25) is 4.79 Å². The van der Waals surface area contributed by atoms with Crippen molar-refractivity contribution in [3.05, 3.63) is 65.2 Å². The molecule has 3 aromatic rings. The monoisotopic (exact) mass is 435 g/mol. The average Bonchev–Trinajstić information content (AvgIpc) is 3.22. The Morgan fingerprint density at radius 1 is 1.16 bits per heavy atom. The zero-order valence-electron chi connectivity index (χ0n) is 18.2. The van der Waals surface area contributed by atoms with Crippen LogP contribution in [0.3, 0.4) is 0 Å². The number of hydrogen-bond donors (Lipinski definition) is 0. The molecule has 1 aliphatic heterocycles. The molecule has 0 unspecified atom stereocenters. The van der Waals surface area contributed by atoms with Crippen molar-refractivity contribution in [2.45, 2.75) is 18.8 Å². The highest BCUT2D eigenvalue weighted by Gasteiger charge is 2.25.